The molecule has 0 amide bonds. The molecule has 0 saturated carbocycles. The quantitative estimate of drug-likeness (QED) is 0.176. The molecule has 0 aliphatic rings. The second-order valence-corrected chi connectivity index (χ2v) is 13.4. The lowest BCUT2D eigenvalue weighted by Gasteiger charge is -2.14. The molecule has 0 aliphatic carbocycles. The summed E-state index contributed by atoms with van der Waals surface area (Å²) in [6.07, 6.45) is 0. The van der Waals surface area contributed by atoms with Crippen LogP contribution in [0, 0.1) is 0 Å². The van der Waals surface area contributed by atoms with Gasteiger partial charge in [0.25, 0.3) is 0 Å². The molecule has 0 fully saturated rings. The summed E-state index contributed by atoms with van der Waals surface area (Å²) in [6.45, 7) is 0. The van der Waals surface area contributed by atoms with Crippen molar-refractivity contribution in [3.63, 3.8) is 0 Å². The topological polar surface area (TPSA) is 38.9 Å². The molecule has 3 heteroatoms. The first kappa shape index (κ1) is 30.7. The average molecular weight is 677 g/mol. The summed E-state index contributed by atoms with van der Waals surface area (Å²) >= 11 is 0. The van der Waals surface area contributed by atoms with Gasteiger partial charge >= 0.3 is 0 Å². The molecule has 0 unspecified atom stereocenters. The molecule has 0 bridgehead atoms. The minimum absolute atomic E-state index is 0.688. The lowest BCUT2D eigenvalue weighted by atomic mass is 9.92. The van der Waals surface area contributed by atoms with Gasteiger partial charge in [0.1, 0.15) is 11.2 Å². The number of rotatable bonds is 6. The van der Waals surface area contributed by atoms with Gasteiger partial charge in [-0.1, -0.05) is 164 Å². The third kappa shape index (κ3) is 5.65. The predicted octanol–water partition coefficient (Wildman–Crippen LogP) is 13.5. The highest BCUT2D eigenvalue weighted by molar-refractivity contribution is 6.10. The second-order valence-electron chi connectivity index (χ2n) is 13.4. The van der Waals surface area contributed by atoms with E-state index in [9.17, 15) is 0 Å². The SMILES string of the molecule is c1ccc(-c2cc(-c3cc(-c4ccc(-c5cccc6ccccc56)cc4)cc(-c4cccc5c4oc4ccccc45)c3)nc(-c3ccccc3)n2)cc1. The molecule has 0 N–H and O–H groups in total. The van der Waals surface area contributed by atoms with Crippen LogP contribution in [0.2, 0.25) is 0 Å². The standard InChI is InChI=1S/C50H32N2O/c1-3-14-36(15-4-1)46-32-47(52-50(51-46)37-16-5-2-6-17-37)40-30-38(33-25-27-35(28-26-33)42-21-11-18-34-13-7-8-19-41(34)42)29-39(31-40)43-22-12-23-45-44-20-9-10-24-48(44)53-49(43)45/h1-32H. The van der Waals surface area contributed by atoms with Crippen LogP contribution >= 0.6 is 0 Å². The Morgan fingerprint density at radius 2 is 0.887 bits per heavy atom. The maximum absolute atomic E-state index is 6.56. The van der Waals surface area contributed by atoms with Crippen LogP contribution in [0.1, 0.15) is 0 Å². The second kappa shape index (κ2) is 12.9. The molecular formula is C50H32N2O. The van der Waals surface area contributed by atoms with E-state index >= 15 is 0 Å². The lowest BCUT2D eigenvalue weighted by Crippen LogP contribution is -1.96. The minimum atomic E-state index is 0.688. The van der Waals surface area contributed by atoms with E-state index in [1.54, 1.807) is 0 Å². The summed E-state index contributed by atoms with van der Waals surface area (Å²) in [5.74, 6) is 0.688. The fourth-order valence-electron chi connectivity index (χ4n) is 7.46. The van der Waals surface area contributed by atoms with Crippen LogP contribution < -0.4 is 0 Å². The van der Waals surface area contributed by atoms with Gasteiger partial charge in [-0.2, -0.15) is 0 Å². The number of benzene rings is 8. The Balaban J connectivity index is 1.18. The zero-order chi connectivity index (χ0) is 35.1. The number of furan rings is 1. The molecule has 10 rings (SSSR count). The van der Waals surface area contributed by atoms with Crippen LogP contribution in [0.3, 0.4) is 0 Å². The summed E-state index contributed by atoms with van der Waals surface area (Å²) in [5.41, 5.74) is 13.2. The van der Waals surface area contributed by atoms with E-state index in [1.807, 2.05) is 48.5 Å². The Hall–Kier alpha value is -7.10. The Bertz CT molecular complexity index is 2860. The molecule has 2 heterocycles. The van der Waals surface area contributed by atoms with Crippen LogP contribution in [0.25, 0.3) is 100.0 Å². The van der Waals surface area contributed by atoms with Crippen molar-refractivity contribution in [3.8, 4) is 67.3 Å². The monoisotopic (exact) mass is 676 g/mol. The van der Waals surface area contributed by atoms with Gasteiger partial charge in [0.05, 0.1) is 11.4 Å². The Morgan fingerprint density at radius 1 is 0.321 bits per heavy atom. The van der Waals surface area contributed by atoms with Crippen LogP contribution in [-0.4, -0.2) is 9.97 Å². The molecule has 248 valence electrons. The van der Waals surface area contributed by atoms with Crippen molar-refractivity contribution in [1.29, 1.82) is 0 Å². The summed E-state index contributed by atoms with van der Waals surface area (Å²) in [6, 6.07) is 68.1. The van der Waals surface area contributed by atoms with Gasteiger partial charge in [-0.3, -0.25) is 0 Å². The van der Waals surface area contributed by atoms with E-state index in [2.05, 4.69) is 146 Å². The van der Waals surface area contributed by atoms with Crippen LogP contribution in [0.15, 0.2) is 199 Å². The highest BCUT2D eigenvalue weighted by Crippen LogP contribution is 2.40. The van der Waals surface area contributed by atoms with Crippen molar-refractivity contribution in [2.45, 2.75) is 0 Å². The third-order valence-electron chi connectivity index (χ3n) is 10.1. The Labute approximate surface area is 307 Å². The minimum Gasteiger partial charge on any atom is -0.455 e. The number of aromatic nitrogens is 2. The molecule has 10 aromatic rings. The molecule has 0 aliphatic heterocycles. The number of hydrogen-bond donors (Lipinski definition) is 0. The summed E-state index contributed by atoms with van der Waals surface area (Å²) < 4.78 is 6.56. The van der Waals surface area contributed by atoms with E-state index in [0.717, 1.165) is 72.3 Å². The number of nitrogens with zero attached hydrogens (tertiary/aromatic N) is 2. The average Bonchev–Trinajstić information content (AvgIpc) is 3.63. The molecule has 2 aromatic heterocycles. The molecule has 0 saturated heterocycles. The third-order valence-corrected chi connectivity index (χ3v) is 10.1. The van der Waals surface area contributed by atoms with E-state index in [1.165, 1.54) is 21.9 Å². The smallest absolute Gasteiger partial charge is 0.160 e. The normalized spacial score (nSPS) is 11.4. The van der Waals surface area contributed by atoms with Gasteiger partial charge in [-0.05, 0) is 68.9 Å². The van der Waals surface area contributed by atoms with Gasteiger partial charge < -0.3 is 4.42 Å². The van der Waals surface area contributed by atoms with Crippen LogP contribution in [0.5, 0.6) is 0 Å². The highest BCUT2D eigenvalue weighted by Gasteiger charge is 2.17. The summed E-state index contributed by atoms with van der Waals surface area (Å²) in [5, 5.41) is 4.70. The summed E-state index contributed by atoms with van der Waals surface area (Å²) in [7, 11) is 0. The van der Waals surface area contributed by atoms with E-state index in [0.29, 0.717) is 5.82 Å². The molecule has 0 spiro atoms. The first-order valence-electron chi connectivity index (χ1n) is 17.9. The molecule has 3 nitrogen and oxygen atoms in total. The predicted molar refractivity (Wildman–Crippen MR) is 219 cm³/mol. The van der Waals surface area contributed by atoms with E-state index in [4.69, 9.17) is 14.4 Å². The van der Waals surface area contributed by atoms with E-state index in [-0.39, 0.29) is 0 Å². The van der Waals surface area contributed by atoms with Crippen molar-refractivity contribution in [3.05, 3.63) is 194 Å². The van der Waals surface area contributed by atoms with E-state index < -0.39 is 0 Å². The fraction of sp³-hybridized carbons (Fsp3) is 0. The molecule has 0 atom stereocenters. The summed E-state index contributed by atoms with van der Waals surface area (Å²) in [4.78, 5) is 10.3. The van der Waals surface area contributed by atoms with Gasteiger partial charge in [-0.15, -0.1) is 0 Å². The fourth-order valence-corrected chi connectivity index (χ4v) is 7.46. The van der Waals surface area contributed by atoms with Crippen molar-refractivity contribution in [2.75, 3.05) is 0 Å². The lowest BCUT2D eigenvalue weighted by molar-refractivity contribution is 0.670. The van der Waals surface area contributed by atoms with Gasteiger partial charge in [-0.25, -0.2) is 9.97 Å². The number of hydrogen-bond acceptors (Lipinski definition) is 3. The highest BCUT2D eigenvalue weighted by atomic mass is 16.3. The van der Waals surface area contributed by atoms with Crippen molar-refractivity contribution in [1.82, 2.24) is 9.97 Å². The van der Waals surface area contributed by atoms with Crippen LogP contribution in [0.4, 0.5) is 0 Å². The molecule has 0 radical (unpaired) electrons. The van der Waals surface area contributed by atoms with Gasteiger partial charge in [0.15, 0.2) is 5.82 Å². The molecule has 53 heavy (non-hydrogen) atoms. The largest absolute Gasteiger partial charge is 0.455 e. The number of fused-ring (bicyclic) bond motifs is 4. The Morgan fingerprint density at radius 3 is 1.70 bits per heavy atom. The first-order chi connectivity index (χ1) is 26.2. The van der Waals surface area contributed by atoms with Gasteiger partial charge in [0.2, 0.25) is 0 Å². The van der Waals surface area contributed by atoms with Crippen molar-refractivity contribution >= 4 is 32.7 Å². The van der Waals surface area contributed by atoms with Gasteiger partial charge in [0, 0.05) is 33.0 Å². The maximum atomic E-state index is 6.56. The van der Waals surface area contributed by atoms with Crippen molar-refractivity contribution < 1.29 is 4.42 Å². The number of para-hydroxylation sites is 2. The zero-order valence-electron chi connectivity index (χ0n) is 28.8. The van der Waals surface area contributed by atoms with Crippen molar-refractivity contribution in [2.24, 2.45) is 0 Å². The Kier molecular flexibility index (Phi) is 7.47. The first-order valence-corrected chi connectivity index (χ1v) is 17.9. The molecule has 8 aromatic carbocycles. The molecular weight excluding hydrogens is 645 g/mol. The maximum Gasteiger partial charge on any atom is 0.160 e. The van der Waals surface area contributed by atoms with Crippen LogP contribution in [-0.2, 0) is 0 Å². The zero-order valence-corrected chi connectivity index (χ0v) is 28.8.